The number of rotatable bonds is 5. The van der Waals surface area contributed by atoms with Gasteiger partial charge in [-0.15, -0.1) is 0 Å². The van der Waals surface area contributed by atoms with Crippen molar-refractivity contribution < 1.29 is 4.58 Å². The second kappa shape index (κ2) is 7.74. The summed E-state index contributed by atoms with van der Waals surface area (Å²) in [4.78, 5) is 5.20. The third kappa shape index (κ3) is 3.29. The van der Waals surface area contributed by atoms with Gasteiger partial charge in [0.15, 0.2) is 5.71 Å². The molecule has 0 saturated heterocycles. The quantitative estimate of drug-likeness (QED) is 0.310. The predicted octanol–water partition coefficient (Wildman–Crippen LogP) is 7.63. The van der Waals surface area contributed by atoms with Crippen LogP contribution < -0.4 is 0 Å². The van der Waals surface area contributed by atoms with Crippen molar-refractivity contribution in [2.75, 3.05) is 6.54 Å². The van der Waals surface area contributed by atoms with Crippen LogP contribution in [0.1, 0.15) is 19.4 Å². The SMILES string of the molecule is CC[N+]1=C(C)c2cccc3c(Sc4ccccc4)cc(Sc4ccccc4)c1c23. The van der Waals surface area contributed by atoms with E-state index in [1.165, 1.54) is 47.3 Å². The van der Waals surface area contributed by atoms with Crippen LogP contribution in [0.5, 0.6) is 0 Å². The fourth-order valence-corrected chi connectivity index (χ4v) is 6.18. The van der Waals surface area contributed by atoms with E-state index in [0.29, 0.717) is 0 Å². The van der Waals surface area contributed by atoms with E-state index in [9.17, 15) is 0 Å². The highest BCUT2D eigenvalue weighted by atomic mass is 32.2. The van der Waals surface area contributed by atoms with Crippen LogP contribution in [-0.4, -0.2) is 16.8 Å². The van der Waals surface area contributed by atoms with E-state index in [1.807, 2.05) is 23.5 Å². The third-order valence-electron chi connectivity index (χ3n) is 5.39. The average Bonchev–Trinajstić information content (AvgIpc) is 3.06. The van der Waals surface area contributed by atoms with Gasteiger partial charge in [0, 0.05) is 27.0 Å². The van der Waals surface area contributed by atoms with E-state index in [0.717, 1.165) is 6.54 Å². The first kappa shape index (κ1) is 18.5. The van der Waals surface area contributed by atoms with Crippen molar-refractivity contribution in [2.24, 2.45) is 0 Å². The van der Waals surface area contributed by atoms with Gasteiger partial charge < -0.3 is 0 Å². The van der Waals surface area contributed by atoms with E-state index in [4.69, 9.17) is 0 Å². The van der Waals surface area contributed by atoms with E-state index in [1.54, 1.807) is 0 Å². The Morgan fingerprint density at radius 1 is 0.724 bits per heavy atom. The molecule has 0 atom stereocenters. The summed E-state index contributed by atoms with van der Waals surface area (Å²) in [5, 5.41) is 2.74. The van der Waals surface area contributed by atoms with Crippen molar-refractivity contribution in [3.8, 4) is 0 Å². The molecule has 1 aliphatic heterocycles. The predicted molar refractivity (Wildman–Crippen MR) is 125 cm³/mol. The molecule has 0 fully saturated rings. The van der Waals surface area contributed by atoms with Gasteiger partial charge in [0.25, 0.3) is 0 Å². The van der Waals surface area contributed by atoms with E-state index >= 15 is 0 Å². The van der Waals surface area contributed by atoms with Crippen molar-refractivity contribution in [3.05, 3.63) is 90.5 Å². The lowest BCUT2D eigenvalue weighted by Gasteiger charge is -2.12. The molecule has 0 spiro atoms. The summed E-state index contributed by atoms with van der Waals surface area (Å²) in [5.74, 6) is 0. The summed E-state index contributed by atoms with van der Waals surface area (Å²) >= 11 is 3.72. The van der Waals surface area contributed by atoms with Crippen LogP contribution in [0.2, 0.25) is 0 Å². The fourth-order valence-electron chi connectivity index (χ4n) is 4.07. The number of hydrogen-bond donors (Lipinski definition) is 0. The molecule has 4 aromatic rings. The summed E-state index contributed by atoms with van der Waals surface area (Å²) in [6.07, 6.45) is 0. The van der Waals surface area contributed by atoms with Gasteiger partial charge in [-0.05, 0) is 43.3 Å². The lowest BCUT2D eigenvalue weighted by atomic mass is 10.0. The molecule has 5 rings (SSSR count). The Bertz CT molecular complexity index is 1230. The molecule has 0 aliphatic carbocycles. The molecule has 0 unspecified atom stereocenters. The van der Waals surface area contributed by atoms with Crippen LogP contribution in [0.15, 0.2) is 105 Å². The van der Waals surface area contributed by atoms with Crippen molar-refractivity contribution in [1.82, 2.24) is 0 Å². The second-order valence-corrected chi connectivity index (χ2v) is 9.34. The molecule has 0 N–H and O–H groups in total. The van der Waals surface area contributed by atoms with Gasteiger partial charge in [0.1, 0.15) is 6.54 Å². The molecule has 1 nitrogen and oxygen atoms in total. The van der Waals surface area contributed by atoms with Gasteiger partial charge >= 0.3 is 0 Å². The molecule has 29 heavy (non-hydrogen) atoms. The molecule has 1 heterocycles. The number of benzene rings is 4. The van der Waals surface area contributed by atoms with E-state index in [2.05, 4.69) is 103 Å². The van der Waals surface area contributed by atoms with Gasteiger partial charge in [-0.25, -0.2) is 0 Å². The van der Waals surface area contributed by atoms with Crippen molar-refractivity contribution >= 4 is 45.7 Å². The second-order valence-electron chi connectivity index (χ2n) is 7.11. The Labute approximate surface area is 180 Å². The fraction of sp³-hybridized carbons (Fsp3) is 0.115. The van der Waals surface area contributed by atoms with Crippen LogP contribution in [0.25, 0.3) is 10.8 Å². The highest BCUT2D eigenvalue weighted by Crippen LogP contribution is 2.48. The molecule has 0 radical (unpaired) electrons. The first-order valence-electron chi connectivity index (χ1n) is 9.93. The van der Waals surface area contributed by atoms with E-state index < -0.39 is 0 Å². The minimum atomic E-state index is 0.975. The Morgan fingerprint density at radius 3 is 1.97 bits per heavy atom. The van der Waals surface area contributed by atoms with Crippen LogP contribution in [0, 0.1) is 0 Å². The molecule has 0 bridgehead atoms. The monoisotopic (exact) mass is 412 g/mol. The maximum Gasteiger partial charge on any atom is 0.228 e. The van der Waals surface area contributed by atoms with Crippen molar-refractivity contribution in [1.29, 1.82) is 0 Å². The molecule has 1 aliphatic rings. The molecule has 0 aromatic heterocycles. The molecular formula is C26H22NS2+. The Hall–Kier alpha value is -2.49. The summed E-state index contributed by atoms with van der Waals surface area (Å²) in [6, 6.07) is 30.5. The maximum atomic E-state index is 2.47. The number of nitrogens with zero attached hydrogens (tertiary/aromatic N) is 1. The van der Waals surface area contributed by atoms with E-state index in [-0.39, 0.29) is 0 Å². The summed E-state index contributed by atoms with van der Waals surface area (Å²) in [7, 11) is 0. The largest absolute Gasteiger partial charge is 0.228 e. The zero-order valence-corrected chi connectivity index (χ0v) is 18.2. The van der Waals surface area contributed by atoms with Gasteiger partial charge in [-0.2, -0.15) is 4.58 Å². The lowest BCUT2D eigenvalue weighted by Crippen LogP contribution is -2.10. The van der Waals surface area contributed by atoms with Crippen LogP contribution >= 0.6 is 23.5 Å². The van der Waals surface area contributed by atoms with Crippen LogP contribution in [0.3, 0.4) is 0 Å². The Morgan fingerprint density at radius 2 is 1.34 bits per heavy atom. The Balaban J connectivity index is 1.74. The van der Waals surface area contributed by atoms with Gasteiger partial charge in [0.05, 0.1) is 15.8 Å². The normalized spacial score (nSPS) is 12.8. The maximum absolute atomic E-state index is 2.47. The zero-order valence-electron chi connectivity index (χ0n) is 16.6. The smallest absolute Gasteiger partial charge is 0.195 e. The highest BCUT2D eigenvalue weighted by molar-refractivity contribution is 8.00. The van der Waals surface area contributed by atoms with Gasteiger partial charge in [-0.1, -0.05) is 72.1 Å². The topological polar surface area (TPSA) is 3.01 Å². The first-order chi connectivity index (χ1) is 14.3. The van der Waals surface area contributed by atoms with Gasteiger partial charge in [0.2, 0.25) is 5.69 Å². The van der Waals surface area contributed by atoms with Gasteiger partial charge in [-0.3, -0.25) is 0 Å². The highest BCUT2D eigenvalue weighted by Gasteiger charge is 2.32. The van der Waals surface area contributed by atoms with Crippen LogP contribution in [0.4, 0.5) is 5.69 Å². The summed E-state index contributed by atoms with van der Waals surface area (Å²) in [5.41, 5.74) is 4.08. The molecule has 0 amide bonds. The number of hydrogen-bond acceptors (Lipinski definition) is 2. The minimum absolute atomic E-state index is 0.975. The van der Waals surface area contributed by atoms with Crippen LogP contribution in [-0.2, 0) is 0 Å². The zero-order chi connectivity index (χ0) is 19.8. The average molecular weight is 413 g/mol. The van der Waals surface area contributed by atoms with Crippen molar-refractivity contribution in [3.63, 3.8) is 0 Å². The first-order valence-corrected chi connectivity index (χ1v) is 11.6. The molecule has 4 aromatic carbocycles. The lowest BCUT2D eigenvalue weighted by molar-refractivity contribution is -0.434. The Kier molecular flexibility index (Phi) is 4.94. The standard InChI is InChI=1S/C26H22NS2/c1-3-27-18(2)21-15-10-16-22-23(28-19-11-6-4-7-12-19)17-24(26(27)25(21)22)29-20-13-8-5-9-14-20/h4-17H,3H2,1-2H3/q+1. The molecule has 142 valence electrons. The summed E-state index contributed by atoms with van der Waals surface area (Å²) in [6.45, 7) is 5.47. The third-order valence-corrected chi connectivity index (χ3v) is 7.49. The summed E-state index contributed by atoms with van der Waals surface area (Å²) < 4.78 is 2.47. The molecule has 3 heteroatoms. The van der Waals surface area contributed by atoms with Crippen molar-refractivity contribution in [2.45, 2.75) is 33.4 Å². The minimum Gasteiger partial charge on any atom is -0.195 e. The molecule has 0 saturated carbocycles. The molecular weight excluding hydrogens is 390 g/mol.